The SMILES string of the molecule is CC#CCCn1cc([N+](=O)[O-])cc1C(=O)O. The van der Waals surface area contributed by atoms with Gasteiger partial charge in [-0.3, -0.25) is 10.1 Å². The van der Waals surface area contributed by atoms with Crippen LogP contribution >= 0.6 is 0 Å². The minimum absolute atomic E-state index is 0.0930. The maximum absolute atomic E-state index is 10.8. The first-order chi connectivity index (χ1) is 7.56. The summed E-state index contributed by atoms with van der Waals surface area (Å²) in [6.07, 6.45) is 1.67. The Balaban J connectivity index is 2.99. The predicted molar refractivity (Wildman–Crippen MR) is 56.1 cm³/mol. The third-order valence-corrected chi connectivity index (χ3v) is 1.97. The molecule has 1 aromatic heterocycles. The normalized spacial score (nSPS) is 9.31. The molecule has 0 aliphatic heterocycles. The summed E-state index contributed by atoms with van der Waals surface area (Å²) in [5.74, 6) is 4.26. The van der Waals surface area contributed by atoms with Gasteiger partial charge in [0, 0.05) is 19.0 Å². The van der Waals surface area contributed by atoms with Gasteiger partial charge in [0.15, 0.2) is 0 Å². The molecule has 1 aromatic rings. The van der Waals surface area contributed by atoms with Gasteiger partial charge in [-0.1, -0.05) is 0 Å². The van der Waals surface area contributed by atoms with Gasteiger partial charge >= 0.3 is 5.97 Å². The summed E-state index contributed by atoms with van der Waals surface area (Å²) < 4.78 is 1.32. The van der Waals surface area contributed by atoms with Crippen molar-refractivity contribution in [3.05, 3.63) is 28.1 Å². The lowest BCUT2D eigenvalue weighted by Gasteiger charge is -2.01. The van der Waals surface area contributed by atoms with E-state index < -0.39 is 10.9 Å². The second kappa shape index (κ2) is 4.98. The number of hydrogen-bond acceptors (Lipinski definition) is 3. The van der Waals surface area contributed by atoms with E-state index in [-0.39, 0.29) is 11.4 Å². The van der Waals surface area contributed by atoms with Crippen molar-refractivity contribution < 1.29 is 14.8 Å². The number of carbonyl (C=O) groups is 1. The van der Waals surface area contributed by atoms with Crippen LogP contribution in [0.1, 0.15) is 23.8 Å². The van der Waals surface area contributed by atoms with E-state index in [0.29, 0.717) is 13.0 Å². The number of aromatic carboxylic acids is 1. The highest BCUT2D eigenvalue weighted by Gasteiger charge is 2.17. The zero-order valence-corrected chi connectivity index (χ0v) is 8.64. The Hall–Kier alpha value is -2.29. The van der Waals surface area contributed by atoms with Gasteiger partial charge in [-0.05, 0) is 6.92 Å². The molecular weight excluding hydrogens is 212 g/mol. The number of rotatable bonds is 4. The average Bonchev–Trinajstić information content (AvgIpc) is 2.62. The van der Waals surface area contributed by atoms with E-state index >= 15 is 0 Å². The van der Waals surface area contributed by atoms with Crippen LogP contribution in [0.3, 0.4) is 0 Å². The molecule has 1 heterocycles. The molecule has 6 nitrogen and oxygen atoms in total. The first-order valence-corrected chi connectivity index (χ1v) is 4.53. The number of nitro groups is 1. The zero-order chi connectivity index (χ0) is 12.1. The highest BCUT2D eigenvalue weighted by molar-refractivity contribution is 5.86. The van der Waals surface area contributed by atoms with Crippen LogP contribution in [0, 0.1) is 22.0 Å². The van der Waals surface area contributed by atoms with Crippen LogP contribution in [-0.4, -0.2) is 20.6 Å². The minimum Gasteiger partial charge on any atom is -0.477 e. The molecule has 0 saturated heterocycles. The van der Waals surface area contributed by atoms with Crippen LogP contribution in [-0.2, 0) is 6.54 Å². The molecule has 1 N–H and O–H groups in total. The lowest BCUT2D eigenvalue weighted by molar-refractivity contribution is -0.384. The largest absolute Gasteiger partial charge is 0.477 e. The Morgan fingerprint density at radius 2 is 2.38 bits per heavy atom. The van der Waals surface area contributed by atoms with Gasteiger partial charge in [-0.2, -0.15) is 0 Å². The molecule has 0 unspecified atom stereocenters. The van der Waals surface area contributed by atoms with E-state index in [2.05, 4.69) is 11.8 Å². The molecule has 0 aliphatic carbocycles. The average molecular weight is 222 g/mol. The van der Waals surface area contributed by atoms with Gasteiger partial charge in [0.25, 0.3) is 5.69 Å². The van der Waals surface area contributed by atoms with Gasteiger partial charge < -0.3 is 9.67 Å². The summed E-state index contributed by atoms with van der Waals surface area (Å²) in [5, 5.41) is 19.3. The van der Waals surface area contributed by atoms with Crippen molar-refractivity contribution in [1.29, 1.82) is 0 Å². The van der Waals surface area contributed by atoms with Crippen LogP contribution in [0.2, 0.25) is 0 Å². The van der Waals surface area contributed by atoms with Crippen LogP contribution in [0.25, 0.3) is 0 Å². The van der Waals surface area contributed by atoms with Gasteiger partial charge in [0.2, 0.25) is 0 Å². The van der Waals surface area contributed by atoms with Crippen molar-refractivity contribution in [3.63, 3.8) is 0 Å². The molecule has 0 amide bonds. The summed E-state index contributed by atoms with van der Waals surface area (Å²) in [7, 11) is 0. The molecule has 6 heteroatoms. The number of aromatic nitrogens is 1. The minimum atomic E-state index is -1.18. The van der Waals surface area contributed by atoms with Crippen molar-refractivity contribution in [1.82, 2.24) is 4.57 Å². The number of hydrogen-bond donors (Lipinski definition) is 1. The molecule has 0 saturated carbocycles. The Morgan fingerprint density at radius 3 is 2.88 bits per heavy atom. The fourth-order valence-electron chi connectivity index (χ4n) is 1.26. The number of aryl methyl sites for hydroxylation is 1. The van der Waals surface area contributed by atoms with Crippen molar-refractivity contribution >= 4 is 11.7 Å². The molecule has 0 atom stereocenters. The summed E-state index contributed by atoms with van der Waals surface area (Å²) in [4.78, 5) is 20.7. The van der Waals surface area contributed by atoms with Crippen molar-refractivity contribution in [3.8, 4) is 11.8 Å². The van der Waals surface area contributed by atoms with E-state index in [9.17, 15) is 14.9 Å². The smallest absolute Gasteiger partial charge is 0.352 e. The Labute approximate surface area is 91.6 Å². The molecule has 0 aromatic carbocycles. The van der Waals surface area contributed by atoms with Gasteiger partial charge in [-0.25, -0.2) is 4.79 Å². The summed E-state index contributed by atoms with van der Waals surface area (Å²) in [6.45, 7) is 2.01. The standard InChI is InChI=1S/C10H10N2O4/c1-2-3-4-5-11-7-8(12(15)16)6-9(11)10(13)14/h6-7H,4-5H2,1H3,(H,13,14). The second-order valence-corrected chi connectivity index (χ2v) is 3.02. The first kappa shape index (κ1) is 11.8. The molecule has 84 valence electrons. The lowest BCUT2D eigenvalue weighted by Crippen LogP contribution is -2.07. The fourth-order valence-corrected chi connectivity index (χ4v) is 1.26. The third-order valence-electron chi connectivity index (χ3n) is 1.97. The highest BCUT2D eigenvalue weighted by atomic mass is 16.6. The Bertz CT molecular complexity index is 479. The number of nitrogens with zero attached hydrogens (tertiary/aromatic N) is 2. The van der Waals surface area contributed by atoms with Crippen LogP contribution < -0.4 is 0 Å². The van der Waals surface area contributed by atoms with E-state index in [1.165, 1.54) is 10.8 Å². The lowest BCUT2D eigenvalue weighted by atomic mass is 10.4. The van der Waals surface area contributed by atoms with E-state index in [1.807, 2.05) is 0 Å². The molecule has 0 spiro atoms. The Kier molecular flexibility index (Phi) is 3.67. The Morgan fingerprint density at radius 1 is 1.69 bits per heavy atom. The molecule has 0 bridgehead atoms. The van der Waals surface area contributed by atoms with E-state index in [0.717, 1.165) is 6.07 Å². The molecular formula is C10H10N2O4. The van der Waals surface area contributed by atoms with E-state index in [4.69, 9.17) is 5.11 Å². The monoisotopic (exact) mass is 222 g/mol. The van der Waals surface area contributed by atoms with Crippen molar-refractivity contribution in [2.45, 2.75) is 19.9 Å². The summed E-state index contributed by atoms with van der Waals surface area (Å²) >= 11 is 0. The van der Waals surface area contributed by atoms with Gasteiger partial charge in [0.05, 0.1) is 11.1 Å². The van der Waals surface area contributed by atoms with Crippen LogP contribution in [0.15, 0.2) is 12.3 Å². The molecule has 1 rings (SSSR count). The molecule has 0 fully saturated rings. The topological polar surface area (TPSA) is 85.4 Å². The fraction of sp³-hybridized carbons (Fsp3) is 0.300. The molecule has 0 aliphatic rings. The van der Waals surface area contributed by atoms with E-state index in [1.54, 1.807) is 6.92 Å². The second-order valence-electron chi connectivity index (χ2n) is 3.02. The van der Waals surface area contributed by atoms with Gasteiger partial charge in [-0.15, -0.1) is 11.8 Å². The maximum Gasteiger partial charge on any atom is 0.352 e. The van der Waals surface area contributed by atoms with Crippen molar-refractivity contribution in [2.75, 3.05) is 0 Å². The van der Waals surface area contributed by atoms with Crippen LogP contribution in [0.4, 0.5) is 5.69 Å². The highest BCUT2D eigenvalue weighted by Crippen LogP contribution is 2.16. The first-order valence-electron chi connectivity index (χ1n) is 4.53. The zero-order valence-electron chi connectivity index (χ0n) is 8.64. The quantitative estimate of drug-likeness (QED) is 0.475. The predicted octanol–water partition coefficient (Wildman–Crippen LogP) is 1.51. The summed E-state index contributed by atoms with van der Waals surface area (Å²) in [5.41, 5.74) is -0.313. The number of carboxylic acid groups (broad SMARTS) is 1. The third kappa shape index (κ3) is 2.60. The number of carboxylic acids is 1. The molecule has 0 radical (unpaired) electrons. The van der Waals surface area contributed by atoms with Crippen molar-refractivity contribution in [2.24, 2.45) is 0 Å². The maximum atomic E-state index is 10.8. The molecule has 16 heavy (non-hydrogen) atoms. The van der Waals surface area contributed by atoms with Crippen LogP contribution in [0.5, 0.6) is 0 Å². The summed E-state index contributed by atoms with van der Waals surface area (Å²) in [6, 6.07) is 1.04. The van der Waals surface area contributed by atoms with Gasteiger partial charge in [0.1, 0.15) is 5.69 Å².